The molecule has 0 saturated carbocycles. The van der Waals surface area contributed by atoms with Crippen molar-refractivity contribution in [3.8, 4) is 0 Å². The molecule has 0 spiro atoms. The molecule has 1 aromatic carbocycles. The first kappa shape index (κ1) is 23.2. The highest BCUT2D eigenvalue weighted by Crippen LogP contribution is 2.29. The summed E-state index contributed by atoms with van der Waals surface area (Å²) in [6, 6.07) is 7.89. The third-order valence-electron chi connectivity index (χ3n) is 5.54. The molecular formula is C22H19F4N5O3. The molecule has 2 aromatic heterocycles. The quantitative estimate of drug-likeness (QED) is 0.582. The molecule has 3 aromatic rings. The van der Waals surface area contributed by atoms with Crippen molar-refractivity contribution in [3.05, 3.63) is 92.1 Å². The zero-order chi connectivity index (χ0) is 24.5. The van der Waals surface area contributed by atoms with Crippen LogP contribution < -0.4 is 16.1 Å². The number of piperazine rings is 1. The Hall–Kier alpha value is -3.96. The fraction of sp³-hybridized carbons (Fsp3) is 0.273. The number of aromatic nitrogens is 3. The summed E-state index contributed by atoms with van der Waals surface area (Å²) in [7, 11) is 0. The molecule has 8 nitrogen and oxygen atoms in total. The number of carbonyl (C=O) groups is 1. The number of anilines is 1. The van der Waals surface area contributed by atoms with Gasteiger partial charge in [-0.2, -0.15) is 13.2 Å². The summed E-state index contributed by atoms with van der Waals surface area (Å²) in [5.74, 6) is -0.849. The van der Waals surface area contributed by atoms with Crippen molar-refractivity contribution >= 4 is 11.7 Å². The summed E-state index contributed by atoms with van der Waals surface area (Å²) in [5.41, 5.74) is -2.61. The standard InChI is InChI=1S/C22H19F4N5O3/c23-17-4-2-1-3-14(17)13-31-20(33)16(12-28-21(31)34)19(32)30-9-7-29(8-10-30)18-6-5-15(11-27-18)22(24,25)26/h1-6,11-12H,7-10,13H2,(H,28,34). The first-order valence-electron chi connectivity index (χ1n) is 10.3. The van der Waals surface area contributed by atoms with Gasteiger partial charge in [0.2, 0.25) is 0 Å². The van der Waals surface area contributed by atoms with Gasteiger partial charge >= 0.3 is 11.9 Å². The number of amides is 1. The van der Waals surface area contributed by atoms with E-state index in [9.17, 15) is 31.9 Å². The molecule has 1 amide bonds. The Labute approximate surface area is 190 Å². The predicted molar refractivity (Wildman–Crippen MR) is 114 cm³/mol. The van der Waals surface area contributed by atoms with E-state index < -0.39 is 34.7 Å². The maximum Gasteiger partial charge on any atom is 0.417 e. The van der Waals surface area contributed by atoms with Crippen molar-refractivity contribution in [3.63, 3.8) is 0 Å². The zero-order valence-electron chi connectivity index (χ0n) is 17.7. The normalized spacial score (nSPS) is 14.4. The number of H-pyrrole nitrogens is 1. The monoisotopic (exact) mass is 477 g/mol. The van der Waals surface area contributed by atoms with E-state index in [4.69, 9.17) is 0 Å². The summed E-state index contributed by atoms with van der Waals surface area (Å²) in [5, 5.41) is 0. The van der Waals surface area contributed by atoms with Crippen LogP contribution in [0.3, 0.4) is 0 Å². The van der Waals surface area contributed by atoms with Gasteiger partial charge in [-0.25, -0.2) is 14.2 Å². The van der Waals surface area contributed by atoms with Crippen LogP contribution >= 0.6 is 0 Å². The van der Waals surface area contributed by atoms with Crippen LogP contribution in [0.25, 0.3) is 0 Å². The predicted octanol–water partition coefficient (Wildman–Crippen LogP) is 2.10. The summed E-state index contributed by atoms with van der Waals surface area (Å²) >= 11 is 0. The van der Waals surface area contributed by atoms with E-state index in [0.29, 0.717) is 5.82 Å². The van der Waals surface area contributed by atoms with Crippen LogP contribution in [-0.2, 0) is 12.7 Å². The van der Waals surface area contributed by atoms with Crippen molar-refractivity contribution in [2.75, 3.05) is 31.1 Å². The lowest BCUT2D eigenvalue weighted by molar-refractivity contribution is -0.137. The number of hydrogen-bond donors (Lipinski definition) is 1. The van der Waals surface area contributed by atoms with Gasteiger partial charge in [-0.15, -0.1) is 0 Å². The van der Waals surface area contributed by atoms with E-state index in [1.165, 1.54) is 29.2 Å². The second-order valence-corrected chi connectivity index (χ2v) is 7.67. The molecular weight excluding hydrogens is 458 g/mol. The molecule has 1 N–H and O–H groups in total. The van der Waals surface area contributed by atoms with Gasteiger partial charge in [0, 0.05) is 44.1 Å². The molecule has 0 bridgehead atoms. The molecule has 3 heterocycles. The van der Waals surface area contributed by atoms with E-state index in [0.717, 1.165) is 23.0 Å². The van der Waals surface area contributed by atoms with E-state index in [-0.39, 0.29) is 43.9 Å². The molecule has 0 aliphatic carbocycles. The molecule has 178 valence electrons. The third kappa shape index (κ3) is 4.70. The Morgan fingerprint density at radius 1 is 1.03 bits per heavy atom. The summed E-state index contributed by atoms with van der Waals surface area (Å²) in [6.07, 6.45) is -2.69. The molecule has 4 rings (SSSR count). The number of nitrogens with one attached hydrogen (secondary N) is 1. The minimum Gasteiger partial charge on any atom is -0.353 e. The van der Waals surface area contributed by atoms with E-state index in [2.05, 4.69) is 9.97 Å². The number of rotatable bonds is 4. The number of halogens is 4. The number of nitrogens with zero attached hydrogens (tertiary/aromatic N) is 4. The number of benzene rings is 1. The second kappa shape index (κ2) is 9.12. The zero-order valence-corrected chi connectivity index (χ0v) is 17.7. The summed E-state index contributed by atoms with van der Waals surface area (Å²) < 4.78 is 52.9. The maximum absolute atomic E-state index is 14.0. The van der Waals surface area contributed by atoms with Crippen LogP contribution in [0.15, 0.2) is 58.4 Å². The van der Waals surface area contributed by atoms with Gasteiger partial charge in [0.1, 0.15) is 17.2 Å². The minimum atomic E-state index is -4.48. The molecule has 1 aliphatic heterocycles. The maximum atomic E-state index is 14.0. The van der Waals surface area contributed by atoms with Crippen molar-refractivity contribution in [2.45, 2.75) is 12.7 Å². The van der Waals surface area contributed by atoms with Crippen LogP contribution in [0.5, 0.6) is 0 Å². The SMILES string of the molecule is O=C(c1c[nH]c(=O)n(Cc2ccccc2F)c1=O)N1CCN(c2ccc(C(F)(F)F)cn2)CC1. The Balaban J connectivity index is 1.48. The van der Waals surface area contributed by atoms with Crippen LogP contribution in [0.4, 0.5) is 23.4 Å². The third-order valence-corrected chi connectivity index (χ3v) is 5.54. The number of carbonyl (C=O) groups excluding carboxylic acids is 1. The van der Waals surface area contributed by atoms with Crippen LogP contribution in [-0.4, -0.2) is 51.5 Å². The van der Waals surface area contributed by atoms with Crippen LogP contribution in [0.1, 0.15) is 21.5 Å². The molecule has 12 heteroatoms. The average molecular weight is 477 g/mol. The second-order valence-electron chi connectivity index (χ2n) is 7.67. The first-order valence-corrected chi connectivity index (χ1v) is 10.3. The Kier molecular flexibility index (Phi) is 6.22. The largest absolute Gasteiger partial charge is 0.417 e. The average Bonchev–Trinajstić information content (AvgIpc) is 2.82. The van der Waals surface area contributed by atoms with Gasteiger partial charge in [0.15, 0.2) is 0 Å². The lowest BCUT2D eigenvalue weighted by Gasteiger charge is -2.35. The number of pyridine rings is 1. The summed E-state index contributed by atoms with van der Waals surface area (Å²) in [4.78, 5) is 47.3. The van der Waals surface area contributed by atoms with Crippen molar-refractivity contribution < 1.29 is 22.4 Å². The number of aromatic amines is 1. The molecule has 1 aliphatic rings. The number of hydrogen-bond acceptors (Lipinski definition) is 5. The fourth-order valence-electron chi connectivity index (χ4n) is 3.65. The van der Waals surface area contributed by atoms with Gasteiger partial charge in [0.05, 0.1) is 12.1 Å². The Morgan fingerprint density at radius 3 is 2.35 bits per heavy atom. The molecule has 1 saturated heterocycles. The molecule has 0 atom stereocenters. The van der Waals surface area contributed by atoms with Gasteiger partial charge in [-0.1, -0.05) is 18.2 Å². The molecule has 0 radical (unpaired) electrons. The highest BCUT2D eigenvalue weighted by atomic mass is 19.4. The Morgan fingerprint density at radius 2 is 1.74 bits per heavy atom. The van der Waals surface area contributed by atoms with Crippen molar-refractivity contribution in [1.29, 1.82) is 0 Å². The van der Waals surface area contributed by atoms with E-state index >= 15 is 0 Å². The topological polar surface area (TPSA) is 91.3 Å². The van der Waals surface area contributed by atoms with Gasteiger partial charge < -0.3 is 14.8 Å². The lowest BCUT2D eigenvalue weighted by Crippen LogP contribution is -2.51. The van der Waals surface area contributed by atoms with Gasteiger partial charge in [-0.05, 0) is 18.2 Å². The van der Waals surface area contributed by atoms with Gasteiger partial charge in [0.25, 0.3) is 11.5 Å². The lowest BCUT2D eigenvalue weighted by atomic mass is 10.2. The number of alkyl halides is 3. The van der Waals surface area contributed by atoms with Crippen molar-refractivity contribution in [2.24, 2.45) is 0 Å². The first-order chi connectivity index (χ1) is 16.1. The molecule has 34 heavy (non-hydrogen) atoms. The molecule has 0 unspecified atom stereocenters. The van der Waals surface area contributed by atoms with E-state index in [1.807, 2.05) is 0 Å². The fourth-order valence-corrected chi connectivity index (χ4v) is 3.65. The Bertz CT molecular complexity index is 1310. The minimum absolute atomic E-state index is 0.123. The molecule has 1 fully saturated rings. The summed E-state index contributed by atoms with van der Waals surface area (Å²) in [6.45, 7) is 0.615. The van der Waals surface area contributed by atoms with Crippen LogP contribution in [0, 0.1) is 5.82 Å². The highest BCUT2D eigenvalue weighted by molar-refractivity contribution is 5.93. The van der Waals surface area contributed by atoms with Gasteiger partial charge in [-0.3, -0.25) is 14.2 Å². The van der Waals surface area contributed by atoms with Crippen molar-refractivity contribution in [1.82, 2.24) is 19.4 Å². The van der Waals surface area contributed by atoms with Crippen LogP contribution in [0.2, 0.25) is 0 Å². The smallest absolute Gasteiger partial charge is 0.353 e. The van der Waals surface area contributed by atoms with E-state index in [1.54, 1.807) is 11.0 Å². The highest BCUT2D eigenvalue weighted by Gasteiger charge is 2.31.